The van der Waals surface area contributed by atoms with Gasteiger partial charge in [-0.3, -0.25) is 4.98 Å². The lowest BCUT2D eigenvalue weighted by atomic mass is 9.82. The Balaban J connectivity index is 0.00000128. The van der Waals surface area contributed by atoms with Crippen LogP contribution in [0.2, 0.25) is 5.02 Å². The SMILES string of the molecule is Cl.N[C@H](c1ccncc1Cl)C1CCCCC1. The van der Waals surface area contributed by atoms with Crippen LogP contribution in [0, 0.1) is 5.92 Å². The number of nitrogens with zero attached hydrogens (tertiary/aromatic N) is 1. The lowest BCUT2D eigenvalue weighted by Gasteiger charge is -2.28. The summed E-state index contributed by atoms with van der Waals surface area (Å²) in [5.41, 5.74) is 7.31. The first kappa shape index (κ1) is 13.8. The van der Waals surface area contributed by atoms with Crippen molar-refractivity contribution < 1.29 is 0 Å². The van der Waals surface area contributed by atoms with E-state index in [1.165, 1.54) is 32.1 Å². The van der Waals surface area contributed by atoms with Gasteiger partial charge in [-0.15, -0.1) is 12.4 Å². The molecule has 1 aromatic heterocycles. The fraction of sp³-hybridized carbons (Fsp3) is 0.583. The molecule has 0 aliphatic heterocycles. The van der Waals surface area contributed by atoms with E-state index in [0.717, 1.165) is 5.56 Å². The molecule has 0 spiro atoms. The summed E-state index contributed by atoms with van der Waals surface area (Å²) < 4.78 is 0. The van der Waals surface area contributed by atoms with Gasteiger partial charge in [-0.05, 0) is 30.4 Å². The fourth-order valence-electron chi connectivity index (χ4n) is 2.40. The van der Waals surface area contributed by atoms with E-state index in [2.05, 4.69) is 4.98 Å². The largest absolute Gasteiger partial charge is 0.324 e. The van der Waals surface area contributed by atoms with Crippen molar-refractivity contribution in [3.05, 3.63) is 29.0 Å². The predicted molar refractivity (Wildman–Crippen MR) is 70.0 cm³/mol. The van der Waals surface area contributed by atoms with Crippen molar-refractivity contribution in [2.75, 3.05) is 0 Å². The highest BCUT2D eigenvalue weighted by Gasteiger charge is 2.23. The first-order valence-corrected chi connectivity index (χ1v) is 6.02. The van der Waals surface area contributed by atoms with Gasteiger partial charge in [0.15, 0.2) is 0 Å². The number of hydrogen-bond donors (Lipinski definition) is 1. The van der Waals surface area contributed by atoms with Crippen LogP contribution in [0.4, 0.5) is 0 Å². The van der Waals surface area contributed by atoms with E-state index in [1.54, 1.807) is 12.4 Å². The minimum absolute atomic E-state index is 0. The van der Waals surface area contributed by atoms with Crippen LogP contribution in [-0.4, -0.2) is 4.98 Å². The van der Waals surface area contributed by atoms with Gasteiger partial charge in [0.2, 0.25) is 0 Å². The third-order valence-electron chi connectivity index (χ3n) is 3.32. The molecule has 2 N–H and O–H groups in total. The van der Waals surface area contributed by atoms with Gasteiger partial charge >= 0.3 is 0 Å². The second-order valence-electron chi connectivity index (χ2n) is 4.32. The van der Waals surface area contributed by atoms with Crippen LogP contribution in [-0.2, 0) is 0 Å². The molecule has 0 aromatic carbocycles. The second kappa shape index (κ2) is 6.43. The Bertz CT molecular complexity index is 325. The normalized spacial score (nSPS) is 18.9. The highest BCUT2D eigenvalue weighted by atomic mass is 35.5. The maximum atomic E-state index is 6.26. The van der Waals surface area contributed by atoms with Crippen LogP contribution in [0.3, 0.4) is 0 Å². The molecular formula is C12H18Cl2N2. The molecule has 1 aromatic rings. The standard InChI is InChI=1S/C12H17ClN2.ClH/c13-11-8-15-7-6-10(11)12(14)9-4-2-1-3-5-9;/h6-9,12H,1-5,14H2;1H/t12-;/m0./s1. The zero-order valence-corrected chi connectivity index (χ0v) is 10.8. The van der Waals surface area contributed by atoms with E-state index in [4.69, 9.17) is 17.3 Å². The molecule has 1 aliphatic carbocycles. The van der Waals surface area contributed by atoms with Crippen LogP contribution in [0.1, 0.15) is 43.7 Å². The Morgan fingerprint density at radius 2 is 2.00 bits per heavy atom. The van der Waals surface area contributed by atoms with Crippen LogP contribution in [0.15, 0.2) is 18.5 Å². The van der Waals surface area contributed by atoms with E-state index >= 15 is 0 Å². The number of hydrogen-bond acceptors (Lipinski definition) is 2. The topological polar surface area (TPSA) is 38.9 Å². The molecule has 16 heavy (non-hydrogen) atoms. The van der Waals surface area contributed by atoms with Crippen LogP contribution in [0.5, 0.6) is 0 Å². The molecule has 2 nitrogen and oxygen atoms in total. The van der Waals surface area contributed by atoms with Crippen molar-refractivity contribution in [3.8, 4) is 0 Å². The summed E-state index contributed by atoms with van der Waals surface area (Å²) in [4.78, 5) is 3.98. The van der Waals surface area contributed by atoms with Crippen molar-refractivity contribution in [3.63, 3.8) is 0 Å². The van der Waals surface area contributed by atoms with Gasteiger partial charge in [0.1, 0.15) is 0 Å². The van der Waals surface area contributed by atoms with Gasteiger partial charge in [-0.25, -0.2) is 0 Å². The van der Waals surface area contributed by atoms with Crippen molar-refractivity contribution in [1.82, 2.24) is 4.98 Å². The molecule has 1 saturated carbocycles. The Labute approximate surface area is 108 Å². The quantitative estimate of drug-likeness (QED) is 0.880. The lowest BCUT2D eigenvalue weighted by Crippen LogP contribution is -2.23. The Kier molecular flexibility index (Phi) is 5.53. The number of rotatable bonds is 2. The van der Waals surface area contributed by atoms with E-state index in [9.17, 15) is 0 Å². The maximum Gasteiger partial charge on any atom is 0.0637 e. The zero-order valence-electron chi connectivity index (χ0n) is 9.23. The zero-order chi connectivity index (χ0) is 10.7. The summed E-state index contributed by atoms with van der Waals surface area (Å²) in [6.45, 7) is 0. The van der Waals surface area contributed by atoms with Gasteiger partial charge in [-0.1, -0.05) is 30.9 Å². The molecule has 0 bridgehead atoms. The minimum Gasteiger partial charge on any atom is -0.324 e. The van der Waals surface area contributed by atoms with Gasteiger partial charge in [0, 0.05) is 18.4 Å². The van der Waals surface area contributed by atoms with Crippen molar-refractivity contribution in [2.45, 2.75) is 38.1 Å². The highest BCUT2D eigenvalue weighted by molar-refractivity contribution is 6.31. The number of pyridine rings is 1. The summed E-state index contributed by atoms with van der Waals surface area (Å²) in [5.74, 6) is 0.596. The Morgan fingerprint density at radius 3 is 2.62 bits per heavy atom. The van der Waals surface area contributed by atoms with Crippen molar-refractivity contribution in [2.24, 2.45) is 11.7 Å². The molecule has 4 heteroatoms. The number of nitrogens with two attached hydrogens (primary N) is 1. The predicted octanol–water partition coefficient (Wildman–Crippen LogP) is 3.74. The molecule has 1 fully saturated rings. The molecule has 1 atom stereocenters. The molecule has 1 heterocycles. The molecule has 0 radical (unpaired) electrons. The average Bonchev–Trinajstić information content (AvgIpc) is 2.30. The highest BCUT2D eigenvalue weighted by Crippen LogP contribution is 2.34. The van der Waals surface area contributed by atoms with E-state index in [-0.39, 0.29) is 18.4 Å². The Morgan fingerprint density at radius 1 is 1.31 bits per heavy atom. The van der Waals surface area contributed by atoms with Gasteiger partial charge in [0.05, 0.1) is 5.02 Å². The van der Waals surface area contributed by atoms with Gasteiger partial charge in [-0.2, -0.15) is 0 Å². The molecule has 0 unspecified atom stereocenters. The molecular weight excluding hydrogens is 243 g/mol. The smallest absolute Gasteiger partial charge is 0.0637 e. The molecule has 0 saturated heterocycles. The minimum atomic E-state index is 0. The summed E-state index contributed by atoms with van der Waals surface area (Å²) >= 11 is 6.10. The monoisotopic (exact) mass is 260 g/mol. The summed E-state index contributed by atoms with van der Waals surface area (Å²) in [6.07, 6.45) is 9.89. The second-order valence-corrected chi connectivity index (χ2v) is 4.73. The van der Waals surface area contributed by atoms with Crippen LogP contribution in [0.25, 0.3) is 0 Å². The van der Waals surface area contributed by atoms with Gasteiger partial charge in [0.25, 0.3) is 0 Å². The molecule has 90 valence electrons. The third kappa shape index (κ3) is 3.09. The van der Waals surface area contributed by atoms with E-state index in [1.807, 2.05) is 6.07 Å². The van der Waals surface area contributed by atoms with Crippen molar-refractivity contribution in [1.29, 1.82) is 0 Å². The lowest BCUT2D eigenvalue weighted by molar-refractivity contribution is 0.308. The van der Waals surface area contributed by atoms with Crippen molar-refractivity contribution >= 4 is 24.0 Å². The number of aromatic nitrogens is 1. The summed E-state index contributed by atoms with van der Waals surface area (Å²) in [5, 5.41) is 0.704. The van der Waals surface area contributed by atoms with Crippen LogP contribution < -0.4 is 5.73 Å². The van der Waals surface area contributed by atoms with Crippen LogP contribution >= 0.6 is 24.0 Å². The maximum absolute atomic E-state index is 6.26. The molecule has 1 aliphatic rings. The first-order valence-electron chi connectivity index (χ1n) is 5.64. The third-order valence-corrected chi connectivity index (χ3v) is 3.64. The average molecular weight is 261 g/mol. The Hall–Kier alpha value is -0.310. The van der Waals surface area contributed by atoms with E-state index < -0.39 is 0 Å². The van der Waals surface area contributed by atoms with E-state index in [0.29, 0.717) is 10.9 Å². The summed E-state index contributed by atoms with van der Waals surface area (Å²) in [6, 6.07) is 2.03. The number of halogens is 2. The molecule has 2 rings (SSSR count). The molecule has 0 amide bonds. The summed E-state index contributed by atoms with van der Waals surface area (Å²) in [7, 11) is 0. The first-order chi connectivity index (χ1) is 7.29. The van der Waals surface area contributed by atoms with Gasteiger partial charge < -0.3 is 5.73 Å². The fourth-order valence-corrected chi connectivity index (χ4v) is 2.65.